The highest BCUT2D eigenvalue weighted by molar-refractivity contribution is 6.30. The van der Waals surface area contributed by atoms with Gasteiger partial charge in [0.2, 0.25) is 11.8 Å². The maximum absolute atomic E-state index is 14.2. The predicted octanol–water partition coefficient (Wildman–Crippen LogP) is 5.68. The molecule has 2 amide bonds. The Labute approximate surface area is 267 Å². The van der Waals surface area contributed by atoms with Crippen molar-refractivity contribution in [1.82, 2.24) is 29.9 Å². The summed E-state index contributed by atoms with van der Waals surface area (Å²) in [7, 11) is 0. The van der Waals surface area contributed by atoms with Crippen LogP contribution in [0.2, 0.25) is 5.02 Å². The molecule has 0 radical (unpaired) electrons. The van der Waals surface area contributed by atoms with E-state index in [1.54, 1.807) is 6.33 Å². The first-order chi connectivity index (χ1) is 20.5. The van der Waals surface area contributed by atoms with Crippen molar-refractivity contribution in [3.63, 3.8) is 0 Å². The Kier molecular flexibility index (Phi) is 11.1. The lowest BCUT2D eigenvalue weighted by atomic mass is 9.63. The van der Waals surface area contributed by atoms with Crippen LogP contribution < -0.4 is 5.32 Å². The SMILES string of the molecule is Cl.O=C([C@@H](Cc1ccc(Cl)cc1)NC1CCC(N2CCCC2=O)CC1)N1CCC(Cn2cncn2)(C2CCCCC2)CC1. The average Bonchev–Trinajstić information content (AvgIpc) is 3.70. The van der Waals surface area contributed by atoms with Crippen molar-refractivity contribution in [3.05, 3.63) is 47.5 Å². The van der Waals surface area contributed by atoms with Gasteiger partial charge in [-0.1, -0.05) is 43.0 Å². The van der Waals surface area contributed by atoms with Crippen LogP contribution in [-0.4, -0.2) is 74.1 Å². The summed E-state index contributed by atoms with van der Waals surface area (Å²) in [6.45, 7) is 3.40. The lowest BCUT2D eigenvalue weighted by Crippen LogP contribution is -2.56. The maximum atomic E-state index is 14.2. The van der Waals surface area contributed by atoms with E-state index in [4.69, 9.17) is 11.6 Å². The molecule has 2 aromatic rings. The molecule has 0 bridgehead atoms. The minimum atomic E-state index is -0.265. The van der Waals surface area contributed by atoms with Crippen molar-refractivity contribution < 1.29 is 9.59 Å². The number of hydrogen-bond acceptors (Lipinski definition) is 5. The van der Waals surface area contributed by atoms with E-state index in [-0.39, 0.29) is 29.8 Å². The number of amides is 2. The summed E-state index contributed by atoms with van der Waals surface area (Å²) in [5.74, 6) is 1.23. The van der Waals surface area contributed by atoms with Crippen LogP contribution in [-0.2, 0) is 22.6 Å². The van der Waals surface area contributed by atoms with Crippen molar-refractivity contribution in [2.75, 3.05) is 19.6 Å². The maximum Gasteiger partial charge on any atom is 0.240 e. The topological polar surface area (TPSA) is 83.4 Å². The predicted molar refractivity (Wildman–Crippen MR) is 171 cm³/mol. The van der Waals surface area contributed by atoms with E-state index in [0.717, 1.165) is 76.7 Å². The summed E-state index contributed by atoms with van der Waals surface area (Å²) in [4.78, 5) is 35.0. The number of carbonyl (C=O) groups excluding carboxylic acids is 2. The second-order valence-corrected chi connectivity index (χ2v) is 13.8. The number of nitrogens with one attached hydrogen (secondary N) is 1. The summed E-state index contributed by atoms with van der Waals surface area (Å²) in [6.07, 6.45) is 18.4. The van der Waals surface area contributed by atoms with Gasteiger partial charge in [-0.2, -0.15) is 5.10 Å². The van der Waals surface area contributed by atoms with Crippen LogP contribution in [0.1, 0.15) is 89.0 Å². The number of piperidine rings is 1. The van der Waals surface area contributed by atoms with Crippen LogP contribution in [0.4, 0.5) is 0 Å². The molecular weight excluding hydrogens is 583 g/mol. The first-order valence-electron chi connectivity index (χ1n) is 16.4. The van der Waals surface area contributed by atoms with Crippen molar-refractivity contribution in [3.8, 4) is 0 Å². The minimum Gasteiger partial charge on any atom is -0.341 e. The lowest BCUT2D eigenvalue weighted by Gasteiger charge is -2.48. The fraction of sp³-hybridized carbons (Fsp3) is 0.697. The summed E-state index contributed by atoms with van der Waals surface area (Å²) in [5.41, 5.74) is 1.30. The molecule has 2 aliphatic heterocycles. The zero-order chi connectivity index (χ0) is 28.9. The quantitative estimate of drug-likeness (QED) is 0.386. The van der Waals surface area contributed by atoms with Gasteiger partial charge in [-0.25, -0.2) is 4.98 Å². The van der Waals surface area contributed by atoms with Crippen LogP contribution in [0, 0.1) is 11.3 Å². The zero-order valence-electron chi connectivity index (χ0n) is 25.3. The number of carbonyl (C=O) groups is 2. The fourth-order valence-corrected chi connectivity index (χ4v) is 8.53. The monoisotopic (exact) mass is 630 g/mol. The molecule has 1 aromatic heterocycles. The molecule has 43 heavy (non-hydrogen) atoms. The molecule has 2 saturated heterocycles. The fourth-order valence-electron chi connectivity index (χ4n) is 8.41. The Balaban J connectivity index is 0.00000368. The Morgan fingerprint density at radius 3 is 2.33 bits per heavy atom. The van der Waals surface area contributed by atoms with E-state index in [9.17, 15) is 9.59 Å². The van der Waals surface area contributed by atoms with E-state index in [1.165, 1.54) is 32.1 Å². The molecule has 4 fully saturated rings. The average molecular weight is 632 g/mol. The summed E-state index contributed by atoms with van der Waals surface area (Å²) in [5, 5.41) is 8.99. The minimum absolute atomic E-state index is 0. The standard InChI is InChI=1S/C33H47ClN6O2.ClH/c34-27-10-8-25(9-11-27)21-30(37-28-12-14-29(15-13-28)40-18-4-7-31(40)41)32(42)38-19-16-33(17-20-38,22-39-24-35-23-36-39)26-5-2-1-3-6-26;/h8-11,23-24,26,28-30,37H,1-7,12-22H2;1H/t28?,29?,30-;/m1./s1. The van der Waals surface area contributed by atoms with Crippen LogP contribution in [0.3, 0.4) is 0 Å². The summed E-state index contributed by atoms with van der Waals surface area (Å²) in [6, 6.07) is 8.31. The smallest absolute Gasteiger partial charge is 0.240 e. The van der Waals surface area contributed by atoms with Crippen LogP contribution in [0.5, 0.6) is 0 Å². The highest BCUT2D eigenvalue weighted by Gasteiger charge is 2.44. The van der Waals surface area contributed by atoms with Crippen molar-refractivity contribution in [2.24, 2.45) is 11.3 Å². The highest BCUT2D eigenvalue weighted by atomic mass is 35.5. The molecule has 2 saturated carbocycles. The van der Waals surface area contributed by atoms with Gasteiger partial charge in [0.15, 0.2) is 0 Å². The second kappa shape index (κ2) is 14.7. The Hall–Kier alpha value is -2.16. The van der Waals surface area contributed by atoms with Gasteiger partial charge in [-0.15, -0.1) is 12.4 Å². The lowest BCUT2D eigenvalue weighted by molar-refractivity contribution is -0.137. The molecule has 6 rings (SSSR count). The molecule has 10 heteroatoms. The molecule has 2 aliphatic carbocycles. The van der Waals surface area contributed by atoms with Crippen LogP contribution >= 0.6 is 24.0 Å². The number of likely N-dealkylation sites (tertiary alicyclic amines) is 2. The summed E-state index contributed by atoms with van der Waals surface area (Å²) < 4.78 is 2.02. The van der Waals surface area contributed by atoms with Gasteiger partial charge in [-0.05, 0) is 93.2 Å². The van der Waals surface area contributed by atoms with Gasteiger partial charge in [0.05, 0.1) is 6.04 Å². The Bertz CT molecular complexity index is 1170. The van der Waals surface area contributed by atoms with Gasteiger partial charge < -0.3 is 15.1 Å². The largest absolute Gasteiger partial charge is 0.341 e. The second-order valence-electron chi connectivity index (χ2n) is 13.4. The van der Waals surface area contributed by atoms with E-state index >= 15 is 0 Å². The third kappa shape index (κ3) is 7.74. The van der Waals surface area contributed by atoms with E-state index in [2.05, 4.69) is 25.2 Å². The molecule has 1 atom stereocenters. The Morgan fingerprint density at radius 1 is 0.977 bits per heavy atom. The van der Waals surface area contributed by atoms with Gasteiger partial charge in [0.25, 0.3) is 0 Å². The van der Waals surface area contributed by atoms with Gasteiger partial charge in [-0.3, -0.25) is 14.3 Å². The first-order valence-corrected chi connectivity index (χ1v) is 16.8. The zero-order valence-corrected chi connectivity index (χ0v) is 26.9. The first kappa shape index (κ1) is 32.2. The third-order valence-electron chi connectivity index (χ3n) is 10.8. The molecular formula is C33H48Cl2N6O2. The van der Waals surface area contributed by atoms with Crippen molar-refractivity contribution >= 4 is 35.8 Å². The molecule has 236 valence electrons. The van der Waals surface area contributed by atoms with E-state index in [0.29, 0.717) is 41.8 Å². The van der Waals surface area contributed by atoms with Crippen molar-refractivity contribution in [1.29, 1.82) is 0 Å². The van der Waals surface area contributed by atoms with Crippen molar-refractivity contribution in [2.45, 2.75) is 115 Å². The molecule has 0 unspecified atom stereocenters. The number of rotatable bonds is 9. The molecule has 1 N–H and O–H groups in total. The van der Waals surface area contributed by atoms with Gasteiger partial charge in [0, 0.05) is 49.7 Å². The molecule has 3 heterocycles. The Morgan fingerprint density at radius 2 is 1.70 bits per heavy atom. The number of nitrogens with zero attached hydrogens (tertiary/aromatic N) is 5. The highest BCUT2D eigenvalue weighted by Crippen LogP contribution is 2.47. The summed E-state index contributed by atoms with van der Waals surface area (Å²) >= 11 is 6.18. The normalized spacial score (nSPS) is 25.4. The van der Waals surface area contributed by atoms with E-state index < -0.39 is 0 Å². The number of benzene rings is 1. The number of aromatic nitrogens is 3. The van der Waals surface area contributed by atoms with E-state index in [1.807, 2.05) is 35.3 Å². The number of halogens is 2. The van der Waals surface area contributed by atoms with Crippen LogP contribution in [0.25, 0.3) is 0 Å². The molecule has 1 aromatic carbocycles. The van der Waals surface area contributed by atoms with Crippen LogP contribution in [0.15, 0.2) is 36.9 Å². The molecule has 0 spiro atoms. The van der Waals surface area contributed by atoms with Gasteiger partial charge in [0.1, 0.15) is 12.7 Å². The number of hydrogen-bond donors (Lipinski definition) is 1. The molecule has 4 aliphatic rings. The van der Waals surface area contributed by atoms with Gasteiger partial charge >= 0.3 is 0 Å². The molecule has 8 nitrogen and oxygen atoms in total. The third-order valence-corrected chi connectivity index (χ3v) is 11.1.